The van der Waals surface area contributed by atoms with Crippen LogP contribution in [0.3, 0.4) is 0 Å². The monoisotopic (exact) mass is 223 g/mol. The van der Waals surface area contributed by atoms with Gasteiger partial charge in [0.05, 0.1) is 12.2 Å². The van der Waals surface area contributed by atoms with E-state index in [0.717, 1.165) is 17.9 Å². The predicted molar refractivity (Wildman–Crippen MR) is 65.7 cm³/mol. The molecule has 0 aliphatic rings. The van der Waals surface area contributed by atoms with Crippen LogP contribution in [-0.2, 0) is 5.60 Å². The minimum absolute atomic E-state index is 0.541. The van der Waals surface area contributed by atoms with E-state index >= 15 is 0 Å². The maximum atomic E-state index is 10.3. The van der Waals surface area contributed by atoms with E-state index in [4.69, 9.17) is 4.74 Å². The first-order chi connectivity index (χ1) is 7.60. The number of rotatable bonds is 6. The zero-order chi connectivity index (χ0) is 12.0. The largest absolute Gasteiger partial charge is 0.494 e. The molecule has 3 heteroatoms. The molecule has 0 spiro atoms. The van der Waals surface area contributed by atoms with Crippen LogP contribution in [0.25, 0.3) is 0 Å². The van der Waals surface area contributed by atoms with Gasteiger partial charge < -0.3 is 15.2 Å². The molecule has 0 radical (unpaired) electrons. The standard InChI is InChI=1S/C13H21NO2/c1-4-14-10-13(3,15)11-7-6-8-12(9-11)16-5-2/h6-9,14-15H,4-5,10H2,1-3H3. The number of hydrogen-bond acceptors (Lipinski definition) is 3. The lowest BCUT2D eigenvalue weighted by Crippen LogP contribution is -2.35. The highest BCUT2D eigenvalue weighted by molar-refractivity contribution is 5.32. The Hall–Kier alpha value is -1.06. The highest BCUT2D eigenvalue weighted by atomic mass is 16.5. The van der Waals surface area contributed by atoms with Crippen LogP contribution in [0, 0.1) is 0 Å². The van der Waals surface area contributed by atoms with Gasteiger partial charge in [-0.1, -0.05) is 19.1 Å². The zero-order valence-electron chi connectivity index (χ0n) is 10.3. The molecule has 0 saturated heterocycles. The number of hydrogen-bond donors (Lipinski definition) is 2. The molecular weight excluding hydrogens is 202 g/mol. The van der Waals surface area contributed by atoms with Crippen LogP contribution >= 0.6 is 0 Å². The van der Waals surface area contributed by atoms with Crippen LogP contribution < -0.4 is 10.1 Å². The summed E-state index contributed by atoms with van der Waals surface area (Å²) in [5, 5.41) is 13.4. The number of ether oxygens (including phenoxy) is 1. The summed E-state index contributed by atoms with van der Waals surface area (Å²) < 4.78 is 5.41. The van der Waals surface area contributed by atoms with Crippen LogP contribution in [0.1, 0.15) is 26.3 Å². The normalized spacial score (nSPS) is 14.5. The van der Waals surface area contributed by atoms with Gasteiger partial charge in [0.15, 0.2) is 0 Å². The minimum Gasteiger partial charge on any atom is -0.494 e. The van der Waals surface area contributed by atoms with Gasteiger partial charge in [0, 0.05) is 6.54 Å². The highest BCUT2D eigenvalue weighted by Crippen LogP contribution is 2.23. The molecular formula is C13H21NO2. The van der Waals surface area contributed by atoms with E-state index in [1.165, 1.54) is 0 Å². The van der Waals surface area contributed by atoms with Crippen molar-refractivity contribution in [2.24, 2.45) is 0 Å². The first-order valence-electron chi connectivity index (χ1n) is 5.76. The molecule has 90 valence electrons. The summed E-state index contributed by atoms with van der Waals surface area (Å²) in [6.07, 6.45) is 0. The summed E-state index contributed by atoms with van der Waals surface area (Å²) in [6, 6.07) is 7.61. The molecule has 0 fully saturated rings. The third-order valence-corrected chi connectivity index (χ3v) is 2.49. The average molecular weight is 223 g/mol. The molecule has 16 heavy (non-hydrogen) atoms. The van der Waals surface area contributed by atoms with Crippen molar-refractivity contribution in [3.63, 3.8) is 0 Å². The van der Waals surface area contributed by atoms with E-state index in [1.54, 1.807) is 6.92 Å². The van der Waals surface area contributed by atoms with Crippen molar-refractivity contribution in [3.8, 4) is 5.75 Å². The lowest BCUT2D eigenvalue weighted by molar-refractivity contribution is 0.0573. The first kappa shape index (κ1) is 13.0. The Morgan fingerprint density at radius 3 is 2.75 bits per heavy atom. The molecule has 1 aromatic rings. The van der Waals surface area contributed by atoms with E-state index in [2.05, 4.69) is 5.32 Å². The van der Waals surface area contributed by atoms with Crippen LogP contribution in [0.4, 0.5) is 0 Å². The summed E-state index contributed by atoms with van der Waals surface area (Å²) >= 11 is 0. The van der Waals surface area contributed by atoms with Crippen molar-refractivity contribution in [3.05, 3.63) is 29.8 Å². The fraction of sp³-hybridized carbons (Fsp3) is 0.538. The second-order valence-electron chi connectivity index (χ2n) is 4.02. The highest BCUT2D eigenvalue weighted by Gasteiger charge is 2.22. The summed E-state index contributed by atoms with van der Waals surface area (Å²) in [4.78, 5) is 0. The molecule has 0 aromatic heterocycles. The van der Waals surface area contributed by atoms with Gasteiger partial charge in [-0.3, -0.25) is 0 Å². The summed E-state index contributed by atoms with van der Waals surface area (Å²) in [5.74, 6) is 0.803. The molecule has 1 atom stereocenters. The van der Waals surface area contributed by atoms with Crippen molar-refractivity contribution >= 4 is 0 Å². The van der Waals surface area contributed by atoms with E-state index in [9.17, 15) is 5.11 Å². The number of likely N-dealkylation sites (N-methyl/N-ethyl adjacent to an activating group) is 1. The topological polar surface area (TPSA) is 41.5 Å². The van der Waals surface area contributed by atoms with Gasteiger partial charge in [-0.25, -0.2) is 0 Å². The Morgan fingerprint density at radius 2 is 2.12 bits per heavy atom. The molecule has 0 aliphatic carbocycles. The second-order valence-corrected chi connectivity index (χ2v) is 4.02. The van der Waals surface area contributed by atoms with Gasteiger partial charge in [-0.05, 0) is 38.1 Å². The lowest BCUT2D eigenvalue weighted by atomic mass is 9.96. The summed E-state index contributed by atoms with van der Waals surface area (Å²) in [6.45, 7) is 7.80. The average Bonchev–Trinajstić information content (AvgIpc) is 2.27. The van der Waals surface area contributed by atoms with Crippen LogP contribution in [0.2, 0.25) is 0 Å². The molecule has 1 aromatic carbocycles. The van der Waals surface area contributed by atoms with Crippen molar-refractivity contribution < 1.29 is 9.84 Å². The summed E-state index contributed by atoms with van der Waals surface area (Å²) in [7, 11) is 0. The zero-order valence-corrected chi connectivity index (χ0v) is 10.3. The van der Waals surface area contributed by atoms with Gasteiger partial charge in [-0.15, -0.1) is 0 Å². The molecule has 0 bridgehead atoms. The minimum atomic E-state index is -0.858. The van der Waals surface area contributed by atoms with Gasteiger partial charge in [-0.2, -0.15) is 0 Å². The van der Waals surface area contributed by atoms with Gasteiger partial charge in [0.1, 0.15) is 5.75 Å². The van der Waals surface area contributed by atoms with E-state index in [-0.39, 0.29) is 0 Å². The molecule has 0 heterocycles. The molecule has 1 unspecified atom stereocenters. The molecule has 1 rings (SSSR count). The lowest BCUT2D eigenvalue weighted by Gasteiger charge is -2.24. The smallest absolute Gasteiger partial charge is 0.119 e. The van der Waals surface area contributed by atoms with Gasteiger partial charge >= 0.3 is 0 Å². The molecule has 2 N–H and O–H groups in total. The number of nitrogens with one attached hydrogen (secondary N) is 1. The molecule has 0 saturated carbocycles. The van der Waals surface area contributed by atoms with Gasteiger partial charge in [0.25, 0.3) is 0 Å². The fourth-order valence-electron chi connectivity index (χ4n) is 1.56. The number of benzene rings is 1. The van der Waals surface area contributed by atoms with Crippen molar-refractivity contribution in [2.75, 3.05) is 19.7 Å². The van der Waals surface area contributed by atoms with Gasteiger partial charge in [0.2, 0.25) is 0 Å². The fourth-order valence-corrected chi connectivity index (χ4v) is 1.56. The Bertz CT molecular complexity index is 323. The maximum absolute atomic E-state index is 10.3. The Kier molecular flexibility index (Phi) is 4.77. The summed E-state index contributed by atoms with van der Waals surface area (Å²) in [5.41, 5.74) is 0.0164. The molecule has 0 aliphatic heterocycles. The van der Waals surface area contributed by atoms with E-state index in [1.807, 2.05) is 38.1 Å². The Balaban J connectivity index is 2.80. The molecule has 3 nitrogen and oxygen atoms in total. The third kappa shape index (κ3) is 3.51. The third-order valence-electron chi connectivity index (χ3n) is 2.49. The van der Waals surface area contributed by atoms with Crippen LogP contribution in [0.5, 0.6) is 5.75 Å². The van der Waals surface area contributed by atoms with Crippen molar-refractivity contribution in [2.45, 2.75) is 26.4 Å². The number of aliphatic hydroxyl groups is 1. The first-order valence-corrected chi connectivity index (χ1v) is 5.76. The van der Waals surface area contributed by atoms with E-state index in [0.29, 0.717) is 13.2 Å². The Morgan fingerprint density at radius 1 is 1.38 bits per heavy atom. The predicted octanol–water partition coefficient (Wildman–Crippen LogP) is 1.90. The quantitative estimate of drug-likeness (QED) is 0.774. The van der Waals surface area contributed by atoms with E-state index < -0.39 is 5.60 Å². The van der Waals surface area contributed by atoms with Crippen molar-refractivity contribution in [1.29, 1.82) is 0 Å². The van der Waals surface area contributed by atoms with Crippen molar-refractivity contribution in [1.82, 2.24) is 5.32 Å². The second kappa shape index (κ2) is 5.87. The SMILES string of the molecule is CCNCC(C)(O)c1cccc(OCC)c1. The Labute approximate surface area is 97.4 Å². The van der Waals surface area contributed by atoms with Crippen LogP contribution in [0.15, 0.2) is 24.3 Å². The van der Waals surface area contributed by atoms with Crippen LogP contribution in [-0.4, -0.2) is 24.8 Å². The maximum Gasteiger partial charge on any atom is 0.119 e. The molecule has 0 amide bonds.